The molecular formula is C10H8ClF3N2O. The molecule has 0 aliphatic rings. The second kappa shape index (κ2) is 5.23. The fourth-order valence-electron chi connectivity index (χ4n) is 1.29. The molecule has 1 rings (SSSR count). The average molecular weight is 265 g/mol. The van der Waals surface area contributed by atoms with Crippen molar-refractivity contribution in [3.63, 3.8) is 0 Å². The zero-order valence-electron chi connectivity index (χ0n) is 8.81. The molecule has 0 saturated heterocycles. The van der Waals surface area contributed by atoms with Crippen molar-refractivity contribution in [2.24, 2.45) is 0 Å². The van der Waals surface area contributed by atoms with Crippen molar-refractivity contribution in [2.75, 3.05) is 0 Å². The van der Waals surface area contributed by atoms with Gasteiger partial charge in [-0.2, -0.15) is 5.26 Å². The third-order valence-corrected chi connectivity index (χ3v) is 2.31. The molecule has 3 nitrogen and oxygen atoms in total. The summed E-state index contributed by atoms with van der Waals surface area (Å²) in [4.78, 5) is 3.88. The van der Waals surface area contributed by atoms with Crippen LogP contribution in [0.1, 0.15) is 16.8 Å². The minimum atomic E-state index is -4.81. The van der Waals surface area contributed by atoms with Crippen LogP contribution < -0.4 is 4.74 Å². The Morgan fingerprint density at radius 2 is 2.18 bits per heavy atom. The Bertz CT molecular complexity index is 454. The van der Waals surface area contributed by atoms with Gasteiger partial charge < -0.3 is 4.74 Å². The smallest absolute Gasteiger partial charge is 0.405 e. The minimum Gasteiger partial charge on any atom is -0.405 e. The largest absolute Gasteiger partial charge is 0.573 e. The number of hydrogen-bond acceptors (Lipinski definition) is 3. The molecular weight excluding hydrogens is 257 g/mol. The molecule has 1 heterocycles. The Hall–Kier alpha value is -1.48. The van der Waals surface area contributed by atoms with Gasteiger partial charge in [-0.1, -0.05) is 0 Å². The van der Waals surface area contributed by atoms with Crippen molar-refractivity contribution in [1.82, 2.24) is 4.98 Å². The second-order valence-electron chi connectivity index (χ2n) is 3.20. The highest BCUT2D eigenvalue weighted by atomic mass is 35.5. The van der Waals surface area contributed by atoms with E-state index in [4.69, 9.17) is 16.9 Å². The van der Waals surface area contributed by atoms with E-state index in [1.54, 1.807) is 6.07 Å². The van der Waals surface area contributed by atoms with Gasteiger partial charge in [-0.15, -0.1) is 24.8 Å². The van der Waals surface area contributed by atoms with Gasteiger partial charge in [0, 0.05) is 17.3 Å². The van der Waals surface area contributed by atoms with Crippen molar-refractivity contribution >= 4 is 11.6 Å². The van der Waals surface area contributed by atoms with Gasteiger partial charge >= 0.3 is 6.36 Å². The van der Waals surface area contributed by atoms with Crippen LogP contribution in [-0.4, -0.2) is 11.3 Å². The lowest BCUT2D eigenvalue weighted by Gasteiger charge is -2.15. The van der Waals surface area contributed by atoms with Crippen LogP contribution in [0.3, 0.4) is 0 Å². The first-order chi connectivity index (χ1) is 7.89. The zero-order valence-corrected chi connectivity index (χ0v) is 9.56. The van der Waals surface area contributed by atoms with Gasteiger partial charge in [0.25, 0.3) is 0 Å². The quantitative estimate of drug-likeness (QED) is 0.788. The number of hydrogen-bond donors (Lipinski definition) is 0. The van der Waals surface area contributed by atoms with E-state index in [0.29, 0.717) is 5.69 Å². The summed E-state index contributed by atoms with van der Waals surface area (Å²) in [5, 5.41) is 8.52. The van der Waals surface area contributed by atoms with E-state index in [1.165, 1.54) is 13.1 Å². The average Bonchev–Trinajstić information content (AvgIpc) is 2.22. The molecule has 0 bridgehead atoms. The molecule has 1 aromatic rings. The van der Waals surface area contributed by atoms with Crippen LogP contribution >= 0.6 is 11.6 Å². The molecule has 7 heteroatoms. The Labute approximate surface area is 101 Å². The predicted octanol–water partition coefficient (Wildman–Crippen LogP) is 3.09. The highest BCUT2D eigenvalue weighted by molar-refractivity contribution is 6.17. The standard InChI is InChI=1S/C10H8ClF3N2O/c1-6-8(4-11)16-5-7(2-3-15)9(6)17-10(12,13)14/h5H,2,4H2,1H3. The SMILES string of the molecule is Cc1c(CCl)ncc(CC#N)c1OC(F)(F)F. The van der Waals surface area contributed by atoms with E-state index in [0.717, 1.165) is 0 Å². The molecule has 1 aromatic heterocycles. The molecule has 0 N–H and O–H groups in total. The molecule has 17 heavy (non-hydrogen) atoms. The number of nitriles is 1. The maximum absolute atomic E-state index is 12.2. The van der Waals surface area contributed by atoms with Crippen LogP contribution in [0.5, 0.6) is 5.75 Å². The molecule has 0 aliphatic carbocycles. The fraction of sp³-hybridized carbons (Fsp3) is 0.400. The number of pyridine rings is 1. The molecule has 0 atom stereocenters. The number of halogens is 4. The Morgan fingerprint density at radius 1 is 1.53 bits per heavy atom. The highest BCUT2D eigenvalue weighted by Crippen LogP contribution is 2.31. The summed E-state index contributed by atoms with van der Waals surface area (Å²) in [6.45, 7) is 1.42. The lowest BCUT2D eigenvalue weighted by Crippen LogP contribution is -2.19. The first-order valence-electron chi connectivity index (χ1n) is 4.55. The molecule has 92 valence electrons. The number of rotatable bonds is 3. The molecule has 0 spiro atoms. The first kappa shape index (κ1) is 13.6. The molecule has 0 saturated carbocycles. The lowest BCUT2D eigenvalue weighted by atomic mass is 10.1. The van der Waals surface area contributed by atoms with Crippen molar-refractivity contribution in [3.05, 3.63) is 23.0 Å². The minimum absolute atomic E-state index is 0.0209. The van der Waals surface area contributed by atoms with Crippen molar-refractivity contribution in [2.45, 2.75) is 25.6 Å². The van der Waals surface area contributed by atoms with E-state index in [1.807, 2.05) is 0 Å². The maximum atomic E-state index is 12.2. The third kappa shape index (κ3) is 3.49. The summed E-state index contributed by atoms with van der Waals surface area (Å²) >= 11 is 5.54. The lowest BCUT2D eigenvalue weighted by molar-refractivity contribution is -0.275. The Morgan fingerprint density at radius 3 is 2.65 bits per heavy atom. The monoisotopic (exact) mass is 264 g/mol. The van der Waals surface area contributed by atoms with Crippen LogP contribution in [0.15, 0.2) is 6.20 Å². The number of alkyl halides is 4. The van der Waals surface area contributed by atoms with E-state index >= 15 is 0 Å². The van der Waals surface area contributed by atoms with Crippen molar-refractivity contribution < 1.29 is 17.9 Å². The number of nitrogens with zero attached hydrogens (tertiary/aromatic N) is 2. The molecule has 0 amide bonds. The number of ether oxygens (including phenoxy) is 1. The summed E-state index contributed by atoms with van der Waals surface area (Å²) in [7, 11) is 0. The highest BCUT2D eigenvalue weighted by Gasteiger charge is 2.33. The normalized spacial score (nSPS) is 11.1. The van der Waals surface area contributed by atoms with Crippen LogP contribution in [-0.2, 0) is 12.3 Å². The van der Waals surface area contributed by atoms with Crippen LogP contribution in [0.25, 0.3) is 0 Å². The fourth-order valence-corrected chi connectivity index (χ4v) is 1.56. The van der Waals surface area contributed by atoms with Gasteiger partial charge in [-0.25, -0.2) is 0 Å². The summed E-state index contributed by atoms with van der Waals surface area (Å²) in [5.74, 6) is -0.405. The topological polar surface area (TPSA) is 45.9 Å². The van der Waals surface area contributed by atoms with Gasteiger partial charge in [-0.3, -0.25) is 4.98 Å². The molecule has 0 aromatic carbocycles. The van der Waals surface area contributed by atoms with Gasteiger partial charge in [0.15, 0.2) is 0 Å². The van der Waals surface area contributed by atoms with E-state index in [9.17, 15) is 13.2 Å². The molecule has 0 fully saturated rings. The van der Waals surface area contributed by atoms with E-state index in [-0.39, 0.29) is 29.2 Å². The van der Waals surface area contributed by atoms with Crippen molar-refractivity contribution in [3.8, 4) is 11.8 Å². The van der Waals surface area contributed by atoms with Crippen LogP contribution in [0, 0.1) is 18.3 Å². The van der Waals surface area contributed by atoms with E-state index in [2.05, 4.69) is 9.72 Å². The van der Waals surface area contributed by atoms with Gasteiger partial charge in [0.1, 0.15) is 5.75 Å². The zero-order chi connectivity index (χ0) is 13.1. The van der Waals surface area contributed by atoms with Crippen LogP contribution in [0.2, 0.25) is 0 Å². The second-order valence-corrected chi connectivity index (χ2v) is 3.47. The van der Waals surface area contributed by atoms with Gasteiger partial charge in [0.05, 0.1) is 24.1 Å². The Balaban J connectivity index is 3.25. The third-order valence-electron chi connectivity index (χ3n) is 2.06. The van der Waals surface area contributed by atoms with E-state index < -0.39 is 6.36 Å². The van der Waals surface area contributed by atoms with Crippen molar-refractivity contribution in [1.29, 1.82) is 5.26 Å². The number of aromatic nitrogens is 1. The van der Waals surface area contributed by atoms with Gasteiger partial charge in [-0.05, 0) is 6.92 Å². The molecule has 0 aliphatic heterocycles. The summed E-state index contributed by atoms with van der Waals surface area (Å²) in [6, 6.07) is 1.75. The molecule has 0 unspecified atom stereocenters. The first-order valence-corrected chi connectivity index (χ1v) is 5.08. The summed E-state index contributed by atoms with van der Waals surface area (Å²) in [5.41, 5.74) is 0.592. The van der Waals surface area contributed by atoms with Gasteiger partial charge in [0.2, 0.25) is 0 Å². The van der Waals surface area contributed by atoms with Crippen LogP contribution in [0.4, 0.5) is 13.2 Å². The molecule has 0 radical (unpaired) electrons. The predicted molar refractivity (Wildman–Crippen MR) is 54.5 cm³/mol. The summed E-state index contributed by atoms with van der Waals surface area (Å²) in [6.07, 6.45) is -3.84. The maximum Gasteiger partial charge on any atom is 0.573 e. The Kier molecular flexibility index (Phi) is 4.18. The summed E-state index contributed by atoms with van der Waals surface area (Å²) < 4.78 is 40.6.